The number of nitrogens with zero attached hydrogens (tertiary/aromatic N) is 2. The Kier molecular flexibility index (Phi) is 3.66. The maximum atomic E-state index is 5.92. The Morgan fingerprint density at radius 1 is 1.26 bits per heavy atom. The largest absolute Gasteiger partial charge is 0.407 e. The van der Waals surface area contributed by atoms with Gasteiger partial charge >= 0.3 is 6.01 Å². The third-order valence-electron chi connectivity index (χ3n) is 2.92. The summed E-state index contributed by atoms with van der Waals surface area (Å²) in [6.07, 6.45) is 2.49. The van der Waals surface area contributed by atoms with Gasteiger partial charge in [0.25, 0.3) is 0 Å². The molecule has 0 aliphatic heterocycles. The lowest BCUT2D eigenvalue weighted by Gasteiger charge is -2.02. The van der Waals surface area contributed by atoms with Crippen molar-refractivity contribution in [1.29, 1.82) is 0 Å². The Bertz CT molecular complexity index is 553. The molecule has 6 heteroatoms. The molecule has 5 nitrogen and oxygen atoms in total. The summed E-state index contributed by atoms with van der Waals surface area (Å²) in [5, 5.41) is 15.1. The second-order valence-electron chi connectivity index (χ2n) is 4.64. The molecular weight excluding hydrogens is 264 g/mol. The first kappa shape index (κ1) is 12.4. The van der Waals surface area contributed by atoms with Gasteiger partial charge in [0.1, 0.15) is 0 Å². The van der Waals surface area contributed by atoms with E-state index in [4.69, 9.17) is 16.0 Å². The normalized spacial score (nSPS) is 14.6. The van der Waals surface area contributed by atoms with Crippen LogP contribution in [0.4, 0.5) is 6.01 Å². The minimum atomic E-state index is 0.438. The molecule has 2 aromatic rings. The van der Waals surface area contributed by atoms with E-state index in [0.717, 1.165) is 10.6 Å². The molecule has 1 saturated carbocycles. The molecule has 0 bridgehead atoms. The molecule has 0 radical (unpaired) electrons. The lowest BCUT2D eigenvalue weighted by molar-refractivity contribution is 0.475. The van der Waals surface area contributed by atoms with E-state index >= 15 is 0 Å². The topological polar surface area (TPSA) is 63.0 Å². The Labute approximate surface area is 116 Å². The summed E-state index contributed by atoms with van der Waals surface area (Å²) in [6, 6.07) is 8.73. The molecule has 1 aromatic heterocycles. The Hall–Kier alpha value is -1.59. The van der Waals surface area contributed by atoms with Gasteiger partial charge in [0.05, 0.1) is 6.54 Å². The van der Waals surface area contributed by atoms with E-state index in [2.05, 4.69) is 20.8 Å². The fraction of sp³-hybridized carbons (Fsp3) is 0.385. The van der Waals surface area contributed by atoms with Crippen molar-refractivity contribution in [3.05, 3.63) is 40.7 Å². The van der Waals surface area contributed by atoms with Crippen LogP contribution in [0.5, 0.6) is 0 Å². The minimum absolute atomic E-state index is 0.438. The zero-order valence-corrected chi connectivity index (χ0v) is 11.2. The fourth-order valence-electron chi connectivity index (χ4n) is 1.74. The Morgan fingerprint density at radius 2 is 2.16 bits per heavy atom. The van der Waals surface area contributed by atoms with E-state index in [1.165, 1.54) is 12.8 Å². The van der Waals surface area contributed by atoms with Gasteiger partial charge in [-0.3, -0.25) is 0 Å². The molecule has 1 fully saturated rings. The van der Waals surface area contributed by atoms with Crippen LogP contribution in [-0.4, -0.2) is 16.2 Å². The lowest BCUT2D eigenvalue weighted by Crippen LogP contribution is -2.15. The van der Waals surface area contributed by atoms with E-state index in [1.807, 2.05) is 24.3 Å². The molecule has 0 atom stereocenters. The fourth-order valence-corrected chi connectivity index (χ4v) is 1.95. The Morgan fingerprint density at radius 3 is 2.95 bits per heavy atom. The minimum Gasteiger partial charge on any atom is -0.407 e. The summed E-state index contributed by atoms with van der Waals surface area (Å²) in [5.74, 6) is 0.612. The molecule has 19 heavy (non-hydrogen) atoms. The van der Waals surface area contributed by atoms with Crippen molar-refractivity contribution in [2.75, 3.05) is 5.32 Å². The van der Waals surface area contributed by atoms with E-state index in [0.29, 0.717) is 31.0 Å². The van der Waals surface area contributed by atoms with E-state index < -0.39 is 0 Å². The molecule has 100 valence electrons. The standard InChI is InChI=1S/C13H15ClN4O/c14-10-3-1-2-9(6-10)7-16-13-18-17-12(19-13)8-15-11-4-5-11/h1-3,6,11,15H,4-5,7-8H2,(H,16,18). The van der Waals surface area contributed by atoms with Crippen LogP contribution in [0.3, 0.4) is 0 Å². The molecule has 2 N–H and O–H groups in total. The monoisotopic (exact) mass is 278 g/mol. The van der Waals surface area contributed by atoms with Crippen LogP contribution >= 0.6 is 11.6 Å². The quantitative estimate of drug-likeness (QED) is 0.850. The van der Waals surface area contributed by atoms with E-state index in [1.54, 1.807) is 0 Å². The van der Waals surface area contributed by atoms with Gasteiger partial charge in [-0.1, -0.05) is 28.8 Å². The highest BCUT2D eigenvalue weighted by atomic mass is 35.5. The van der Waals surface area contributed by atoms with Crippen LogP contribution in [-0.2, 0) is 13.1 Å². The smallest absolute Gasteiger partial charge is 0.315 e. The number of hydrogen-bond acceptors (Lipinski definition) is 5. The second-order valence-corrected chi connectivity index (χ2v) is 5.08. The molecular formula is C13H15ClN4O. The molecule has 1 aliphatic carbocycles. The number of aromatic nitrogens is 2. The third kappa shape index (κ3) is 3.68. The highest BCUT2D eigenvalue weighted by Gasteiger charge is 2.21. The van der Waals surface area contributed by atoms with E-state index in [9.17, 15) is 0 Å². The van der Waals surface area contributed by atoms with Crippen LogP contribution < -0.4 is 10.6 Å². The molecule has 0 spiro atoms. The summed E-state index contributed by atoms with van der Waals surface area (Å²) in [7, 11) is 0. The first-order valence-corrected chi connectivity index (χ1v) is 6.71. The van der Waals surface area contributed by atoms with Crippen molar-refractivity contribution in [3.63, 3.8) is 0 Å². The van der Waals surface area contributed by atoms with Crippen LogP contribution in [0, 0.1) is 0 Å². The molecule has 0 amide bonds. The number of halogens is 1. The number of benzene rings is 1. The molecule has 0 saturated heterocycles. The van der Waals surface area contributed by atoms with Crippen molar-refractivity contribution < 1.29 is 4.42 Å². The summed E-state index contributed by atoms with van der Waals surface area (Å²) >= 11 is 5.92. The van der Waals surface area contributed by atoms with Crippen molar-refractivity contribution in [2.45, 2.75) is 32.0 Å². The predicted molar refractivity (Wildman–Crippen MR) is 72.9 cm³/mol. The highest BCUT2D eigenvalue weighted by molar-refractivity contribution is 6.30. The van der Waals surface area contributed by atoms with Gasteiger partial charge in [-0.25, -0.2) is 0 Å². The van der Waals surface area contributed by atoms with Crippen LogP contribution in [0.1, 0.15) is 24.3 Å². The Balaban J connectivity index is 1.51. The zero-order valence-electron chi connectivity index (χ0n) is 10.4. The molecule has 3 rings (SSSR count). The van der Waals surface area contributed by atoms with Crippen molar-refractivity contribution in [2.24, 2.45) is 0 Å². The van der Waals surface area contributed by atoms with Crippen molar-refractivity contribution in [3.8, 4) is 0 Å². The van der Waals surface area contributed by atoms with Crippen LogP contribution in [0.15, 0.2) is 28.7 Å². The van der Waals surface area contributed by atoms with E-state index in [-0.39, 0.29) is 0 Å². The van der Waals surface area contributed by atoms with Gasteiger partial charge in [-0.2, -0.15) is 0 Å². The van der Waals surface area contributed by atoms with Gasteiger partial charge in [0, 0.05) is 17.6 Å². The second kappa shape index (κ2) is 5.59. The predicted octanol–water partition coefficient (Wildman–Crippen LogP) is 2.59. The SMILES string of the molecule is Clc1cccc(CNc2nnc(CNC3CC3)o2)c1. The first-order valence-electron chi connectivity index (χ1n) is 6.34. The maximum Gasteiger partial charge on any atom is 0.315 e. The molecule has 0 unspecified atom stereocenters. The average molecular weight is 279 g/mol. The van der Waals surface area contributed by atoms with Gasteiger partial charge < -0.3 is 15.1 Å². The third-order valence-corrected chi connectivity index (χ3v) is 3.15. The summed E-state index contributed by atoms with van der Waals surface area (Å²) in [6.45, 7) is 1.24. The highest BCUT2D eigenvalue weighted by Crippen LogP contribution is 2.19. The van der Waals surface area contributed by atoms with Crippen molar-refractivity contribution >= 4 is 17.6 Å². The lowest BCUT2D eigenvalue weighted by atomic mass is 10.2. The molecule has 1 heterocycles. The van der Waals surface area contributed by atoms with Crippen LogP contribution in [0.2, 0.25) is 5.02 Å². The molecule has 1 aromatic carbocycles. The average Bonchev–Trinajstić information content (AvgIpc) is 3.13. The van der Waals surface area contributed by atoms with Gasteiger partial charge in [0.2, 0.25) is 5.89 Å². The zero-order chi connectivity index (χ0) is 13.1. The number of anilines is 1. The maximum absolute atomic E-state index is 5.92. The summed E-state index contributed by atoms with van der Waals surface area (Å²) < 4.78 is 5.48. The number of nitrogens with one attached hydrogen (secondary N) is 2. The number of hydrogen-bond donors (Lipinski definition) is 2. The van der Waals surface area contributed by atoms with Gasteiger partial charge in [0.15, 0.2) is 0 Å². The molecule has 1 aliphatic rings. The van der Waals surface area contributed by atoms with Gasteiger partial charge in [-0.15, -0.1) is 5.10 Å². The number of rotatable bonds is 6. The summed E-state index contributed by atoms with van der Waals surface area (Å²) in [4.78, 5) is 0. The summed E-state index contributed by atoms with van der Waals surface area (Å²) in [5.41, 5.74) is 1.07. The van der Waals surface area contributed by atoms with Crippen molar-refractivity contribution in [1.82, 2.24) is 15.5 Å². The first-order chi connectivity index (χ1) is 9.29. The van der Waals surface area contributed by atoms with Gasteiger partial charge in [-0.05, 0) is 30.5 Å². The van der Waals surface area contributed by atoms with Crippen LogP contribution in [0.25, 0.3) is 0 Å².